The number of nitrogens with one attached hydrogen (secondary N) is 2. The van der Waals surface area contributed by atoms with Gasteiger partial charge in [-0.05, 0) is 35.6 Å². The normalized spacial score (nSPS) is 13.2. The molecule has 4 aromatic rings. The second-order valence-corrected chi connectivity index (χ2v) is 8.13. The Morgan fingerprint density at radius 3 is 2.33 bits per heavy atom. The Labute approximate surface area is 191 Å². The van der Waals surface area contributed by atoms with E-state index in [-0.39, 0.29) is 11.3 Å². The van der Waals surface area contributed by atoms with Crippen molar-refractivity contribution in [2.24, 2.45) is 0 Å². The molecule has 0 saturated heterocycles. The van der Waals surface area contributed by atoms with Crippen LogP contribution in [0.2, 0.25) is 0 Å². The van der Waals surface area contributed by atoms with E-state index < -0.39 is 5.91 Å². The second-order valence-electron chi connectivity index (χ2n) is 8.13. The largest absolute Gasteiger partial charge is 0.494 e. The molecule has 1 aliphatic rings. The summed E-state index contributed by atoms with van der Waals surface area (Å²) in [6.45, 7) is 0.899. The lowest BCUT2D eigenvalue weighted by molar-refractivity contribution is 0.0705. The van der Waals surface area contributed by atoms with Crippen LogP contribution in [0.3, 0.4) is 0 Å². The van der Waals surface area contributed by atoms with E-state index in [0.717, 1.165) is 23.2 Å². The highest BCUT2D eigenvalue weighted by molar-refractivity contribution is 6.09. The maximum atomic E-state index is 12.4. The molecule has 1 amide bonds. The van der Waals surface area contributed by atoms with Crippen LogP contribution >= 0.6 is 0 Å². The summed E-state index contributed by atoms with van der Waals surface area (Å²) in [5.74, 6) is -0.399. The molecule has 1 saturated carbocycles. The molecule has 166 valence electrons. The van der Waals surface area contributed by atoms with E-state index in [1.165, 1.54) is 31.7 Å². The van der Waals surface area contributed by atoms with Crippen molar-refractivity contribution in [3.63, 3.8) is 0 Å². The van der Waals surface area contributed by atoms with Gasteiger partial charge in [0, 0.05) is 35.9 Å². The van der Waals surface area contributed by atoms with E-state index in [4.69, 9.17) is 9.72 Å². The van der Waals surface area contributed by atoms with Gasteiger partial charge in [-0.25, -0.2) is 10.5 Å². The van der Waals surface area contributed by atoms with E-state index in [2.05, 4.69) is 34.6 Å². The molecule has 7 heteroatoms. The molecule has 33 heavy (non-hydrogen) atoms. The molecule has 3 N–H and O–H groups in total. The average molecular weight is 441 g/mol. The quantitative estimate of drug-likeness (QED) is 0.292. The fourth-order valence-corrected chi connectivity index (χ4v) is 3.95. The zero-order chi connectivity index (χ0) is 22.8. The van der Waals surface area contributed by atoms with Crippen molar-refractivity contribution in [1.29, 1.82) is 0 Å². The predicted molar refractivity (Wildman–Crippen MR) is 126 cm³/mol. The van der Waals surface area contributed by atoms with Gasteiger partial charge in [0.1, 0.15) is 5.69 Å². The predicted octanol–water partition coefficient (Wildman–Crippen LogP) is 4.34. The van der Waals surface area contributed by atoms with Gasteiger partial charge >= 0.3 is 0 Å². The van der Waals surface area contributed by atoms with E-state index in [1.807, 2.05) is 24.3 Å². The third-order valence-corrected chi connectivity index (χ3v) is 5.89. The highest BCUT2D eigenvalue weighted by atomic mass is 16.5. The van der Waals surface area contributed by atoms with Crippen molar-refractivity contribution >= 4 is 16.8 Å². The average Bonchev–Trinajstić information content (AvgIpc) is 3.71. The molecule has 0 unspecified atom stereocenters. The Kier molecular flexibility index (Phi) is 5.73. The van der Waals surface area contributed by atoms with Crippen molar-refractivity contribution in [2.45, 2.75) is 25.4 Å². The molecule has 0 aliphatic heterocycles. The van der Waals surface area contributed by atoms with Crippen LogP contribution < -0.4 is 15.5 Å². The molecule has 0 bridgehead atoms. The first kappa shape index (κ1) is 21.1. The number of hydroxylamine groups is 1. The minimum Gasteiger partial charge on any atom is -0.494 e. The van der Waals surface area contributed by atoms with E-state index >= 15 is 0 Å². The first-order chi connectivity index (χ1) is 16.2. The molecule has 2 aromatic carbocycles. The van der Waals surface area contributed by atoms with Gasteiger partial charge in [0.15, 0.2) is 5.75 Å². The lowest BCUT2D eigenvalue weighted by atomic mass is 9.99. The highest BCUT2D eigenvalue weighted by Gasteiger charge is 2.23. The van der Waals surface area contributed by atoms with Gasteiger partial charge in [0.05, 0.1) is 18.2 Å². The maximum Gasteiger partial charge on any atom is 0.279 e. The van der Waals surface area contributed by atoms with Crippen LogP contribution in [0.1, 0.15) is 28.8 Å². The van der Waals surface area contributed by atoms with E-state index in [1.54, 1.807) is 17.7 Å². The summed E-state index contributed by atoms with van der Waals surface area (Å²) >= 11 is 0. The number of carbonyl (C=O) groups is 1. The Morgan fingerprint density at radius 2 is 1.70 bits per heavy atom. The van der Waals surface area contributed by atoms with Crippen LogP contribution in [-0.2, 0) is 6.54 Å². The van der Waals surface area contributed by atoms with Gasteiger partial charge in [-0.3, -0.25) is 15.0 Å². The molecule has 2 heterocycles. The molecule has 7 nitrogen and oxygen atoms in total. The van der Waals surface area contributed by atoms with Crippen LogP contribution in [0.4, 0.5) is 0 Å². The van der Waals surface area contributed by atoms with Crippen LogP contribution in [-0.4, -0.2) is 34.2 Å². The van der Waals surface area contributed by atoms with Crippen LogP contribution in [0.25, 0.3) is 33.3 Å². The van der Waals surface area contributed by atoms with Gasteiger partial charge in [-0.2, -0.15) is 0 Å². The number of amides is 1. The lowest BCUT2D eigenvalue weighted by Crippen LogP contribution is -2.20. The van der Waals surface area contributed by atoms with Gasteiger partial charge in [0.2, 0.25) is 0 Å². The number of hydrogen-bond acceptors (Lipinski definition) is 6. The minimum atomic E-state index is -0.679. The van der Waals surface area contributed by atoms with Gasteiger partial charge in [0.25, 0.3) is 5.91 Å². The van der Waals surface area contributed by atoms with Gasteiger partial charge < -0.3 is 10.1 Å². The number of carbonyl (C=O) groups excluding carboxylic acids is 1. The van der Waals surface area contributed by atoms with Gasteiger partial charge in [-0.1, -0.05) is 48.5 Å². The Hall–Kier alpha value is -3.81. The summed E-state index contributed by atoms with van der Waals surface area (Å²) < 4.78 is 5.57. The van der Waals surface area contributed by atoms with Crippen molar-refractivity contribution < 1.29 is 14.7 Å². The smallest absolute Gasteiger partial charge is 0.279 e. The first-order valence-corrected chi connectivity index (χ1v) is 10.9. The molecule has 0 atom stereocenters. The number of ether oxygens (including phenoxy) is 1. The number of pyridine rings is 2. The Morgan fingerprint density at radius 1 is 1.03 bits per heavy atom. The maximum absolute atomic E-state index is 12.4. The molecular formula is C26H24N4O3. The van der Waals surface area contributed by atoms with Crippen molar-refractivity contribution in [2.75, 3.05) is 7.11 Å². The zero-order valence-electron chi connectivity index (χ0n) is 18.2. The van der Waals surface area contributed by atoms with Crippen LogP contribution in [0, 0.1) is 0 Å². The minimum absolute atomic E-state index is 0.188. The standard InChI is InChI=1S/C26H24N4O3/c1-33-25-23(26(31)30-32)21-15-27-13-12-22(21)29-24(25)19-8-6-18(7-9-19)17-4-2-16(3-5-17)14-28-20-10-11-20/h2-9,12-13,15,20,28,32H,10-11,14H2,1H3,(H,30,31). The molecule has 1 aliphatic carbocycles. The molecule has 0 spiro atoms. The molecule has 0 radical (unpaired) electrons. The third kappa shape index (κ3) is 4.28. The fraction of sp³-hybridized carbons (Fsp3) is 0.192. The monoisotopic (exact) mass is 440 g/mol. The molecular weight excluding hydrogens is 416 g/mol. The first-order valence-electron chi connectivity index (χ1n) is 10.9. The molecule has 1 fully saturated rings. The number of fused-ring (bicyclic) bond motifs is 1. The molecule has 2 aromatic heterocycles. The third-order valence-electron chi connectivity index (χ3n) is 5.89. The van der Waals surface area contributed by atoms with Crippen molar-refractivity contribution in [3.8, 4) is 28.1 Å². The SMILES string of the molecule is COc1c(-c2ccc(-c3ccc(CNC4CC4)cc3)cc2)nc2ccncc2c1C(=O)NO. The highest BCUT2D eigenvalue weighted by Crippen LogP contribution is 2.36. The number of methoxy groups -OCH3 is 1. The number of rotatable bonds is 7. The van der Waals surface area contributed by atoms with Crippen LogP contribution in [0.15, 0.2) is 67.0 Å². The summed E-state index contributed by atoms with van der Waals surface area (Å²) in [5.41, 5.74) is 7.27. The fourth-order valence-electron chi connectivity index (χ4n) is 3.95. The van der Waals surface area contributed by atoms with E-state index in [9.17, 15) is 10.0 Å². The summed E-state index contributed by atoms with van der Waals surface area (Å²) in [5, 5.41) is 13.3. The van der Waals surface area contributed by atoms with E-state index in [0.29, 0.717) is 22.6 Å². The Balaban J connectivity index is 1.48. The van der Waals surface area contributed by atoms with Crippen LogP contribution in [0.5, 0.6) is 5.75 Å². The summed E-state index contributed by atoms with van der Waals surface area (Å²) in [6, 6.07) is 18.9. The molecule has 5 rings (SSSR count). The second kappa shape index (κ2) is 8.97. The van der Waals surface area contributed by atoms with Crippen molar-refractivity contribution in [3.05, 3.63) is 78.1 Å². The number of hydrogen-bond donors (Lipinski definition) is 3. The van der Waals surface area contributed by atoms with Crippen molar-refractivity contribution in [1.82, 2.24) is 20.8 Å². The summed E-state index contributed by atoms with van der Waals surface area (Å²) in [6.07, 6.45) is 5.71. The lowest BCUT2D eigenvalue weighted by Gasteiger charge is -2.15. The number of benzene rings is 2. The topological polar surface area (TPSA) is 96.4 Å². The zero-order valence-corrected chi connectivity index (χ0v) is 18.2. The summed E-state index contributed by atoms with van der Waals surface area (Å²) in [4.78, 5) is 21.2. The Bertz CT molecular complexity index is 1300. The number of nitrogens with zero attached hydrogens (tertiary/aromatic N) is 2. The number of aromatic nitrogens is 2. The van der Waals surface area contributed by atoms with Gasteiger partial charge in [-0.15, -0.1) is 0 Å². The summed E-state index contributed by atoms with van der Waals surface area (Å²) in [7, 11) is 1.48.